The standard InChI is InChI=1S/C9H13ClF3NO3/c1-6(10)8(16)14(5-9(11,12)13)4-3-7(15)17-2/h6H,3-5H2,1-2H3. The van der Waals surface area contributed by atoms with Gasteiger partial charge in [-0.3, -0.25) is 9.59 Å². The smallest absolute Gasteiger partial charge is 0.406 e. The molecule has 0 aliphatic heterocycles. The van der Waals surface area contributed by atoms with E-state index >= 15 is 0 Å². The molecule has 1 unspecified atom stereocenters. The van der Waals surface area contributed by atoms with Crippen molar-refractivity contribution in [2.45, 2.75) is 24.9 Å². The average Bonchev–Trinajstić information content (AvgIpc) is 2.20. The van der Waals surface area contributed by atoms with E-state index in [4.69, 9.17) is 11.6 Å². The molecule has 0 aromatic carbocycles. The van der Waals surface area contributed by atoms with E-state index in [9.17, 15) is 22.8 Å². The van der Waals surface area contributed by atoms with Crippen molar-refractivity contribution in [1.29, 1.82) is 0 Å². The zero-order valence-corrected chi connectivity index (χ0v) is 10.1. The van der Waals surface area contributed by atoms with Crippen molar-refractivity contribution in [3.05, 3.63) is 0 Å². The molecule has 100 valence electrons. The fourth-order valence-electron chi connectivity index (χ4n) is 1.06. The summed E-state index contributed by atoms with van der Waals surface area (Å²) in [7, 11) is 1.11. The third kappa shape index (κ3) is 7.04. The van der Waals surface area contributed by atoms with Crippen LogP contribution in [0.25, 0.3) is 0 Å². The molecule has 0 heterocycles. The number of hydrogen-bond acceptors (Lipinski definition) is 3. The fourth-order valence-corrected chi connectivity index (χ4v) is 1.20. The van der Waals surface area contributed by atoms with E-state index in [-0.39, 0.29) is 13.0 Å². The van der Waals surface area contributed by atoms with Crippen LogP contribution >= 0.6 is 11.6 Å². The summed E-state index contributed by atoms with van der Waals surface area (Å²) in [6, 6.07) is 0. The number of nitrogens with zero attached hydrogens (tertiary/aromatic N) is 1. The summed E-state index contributed by atoms with van der Waals surface area (Å²) in [4.78, 5) is 22.7. The summed E-state index contributed by atoms with van der Waals surface area (Å²) in [5, 5.41) is -1.07. The largest absolute Gasteiger partial charge is 0.469 e. The highest BCUT2D eigenvalue weighted by molar-refractivity contribution is 6.30. The maximum absolute atomic E-state index is 12.2. The molecule has 0 aromatic rings. The van der Waals surface area contributed by atoms with Gasteiger partial charge in [-0.25, -0.2) is 0 Å². The number of alkyl halides is 4. The number of methoxy groups -OCH3 is 1. The molecule has 8 heteroatoms. The van der Waals surface area contributed by atoms with Crippen LogP contribution in [0.3, 0.4) is 0 Å². The molecule has 17 heavy (non-hydrogen) atoms. The third-order valence-electron chi connectivity index (χ3n) is 1.84. The number of esters is 1. The predicted octanol–water partition coefficient (Wildman–Crippen LogP) is 1.57. The van der Waals surface area contributed by atoms with Gasteiger partial charge in [0.05, 0.1) is 13.5 Å². The Hall–Kier alpha value is -0.980. The minimum absolute atomic E-state index is 0.304. The number of carbonyl (C=O) groups excluding carboxylic acids is 2. The first-order valence-corrected chi connectivity index (χ1v) is 5.17. The van der Waals surface area contributed by atoms with Gasteiger partial charge in [-0.2, -0.15) is 13.2 Å². The molecule has 0 bridgehead atoms. The van der Waals surface area contributed by atoms with Crippen LogP contribution in [-0.4, -0.2) is 48.5 Å². The molecule has 4 nitrogen and oxygen atoms in total. The van der Waals surface area contributed by atoms with Crippen molar-refractivity contribution in [2.75, 3.05) is 20.2 Å². The Morgan fingerprint density at radius 2 is 1.94 bits per heavy atom. The van der Waals surface area contributed by atoms with Crippen LogP contribution in [0.15, 0.2) is 0 Å². The van der Waals surface area contributed by atoms with Gasteiger partial charge in [0.2, 0.25) is 5.91 Å². The molecule has 0 aliphatic rings. The molecule has 0 N–H and O–H groups in total. The molecule has 0 saturated heterocycles. The van der Waals surface area contributed by atoms with E-state index in [0.717, 1.165) is 7.11 Å². The first-order chi connectivity index (χ1) is 7.67. The normalized spacial score (nSPS) is 13.1. The van der Waals surface area contributed by atoms with Crippen molar-refractivity contribution >= 4 is 23.5 Å². The number of hydrogen-bond donors (Lipinski definition) is 0. The minimum atomic E-state index is -4.53. The highest BCUT2D eigenvalue weighted by Crippen LogP contribution is 2.18. The van der Waals surface area contributed by atoms with Crippen molar-refractivity contribution in [2.24, 2.45) is 0 Å². The van der Waals surface area contributed by atoms with Gasteiger partial charge in [0.1, 0.15) is 11.9 Å². The van der Waals surface area contributed by atoms with Crippen molar-refractivity contribution < 1.29 is 27.5 Å². The Balaban J connectivity index is 4.52. The highest BCUT2D eigenvalue weighted by Gasteiger charge is 2.34. The van der Waals surface area contributed by atoms with E-state index in [1.165, 1.54) is 6.92 Å². The molecule has 0 radical (unpaired) electrons. The van der Waals surface area contributed by atoms with Gasteiger partial charge in [0, 0.05) is 6.54 Å². The Kier molecular flexibility index (Phi) is 6.30. The summed E-state index contributed by atoms with van der Waals surface area (Å²) in [6.45, 7) is -0.534. The van der Waals surface area contributed by atoms with Crippen LogP contribution in [0.1, 0.15) is 13.3 Å². The molecule has 0 spiro atoms. The van der Waals surface area contributed by atoms with E-state index in [1.54, 1.807) is 0 Å². The third-order valence-corrected chi connectivity index (χ3v) is 2.02. The second-order valence-electron chi connectivity index (χ2n) is 3.32. The van der Waals surface area contributed by atoms with Crippen LogP contribution in [0.2, 0.25) is 0 Å². The van der Waals surface area contributed by atoms with Crippen molar-refractivity contribution in [3.8, 4) is 0 Å². The fraction of sp³-hybridized carbons (Fsp3) is 0.778. The van der Waals surface area contributed by atoms with Gasteiger partial charge in [-0.05, 0) is 6.92 Å². The van der Waals surface area contributed by atoms with Crippen LogP contribution in [0, 0.1) is 0 Å². The second kappa shape index (κ2) is 6.68. The Labute approximate surface area is 102 Å². The average molecular weight is 276 g/mol. The second-order valence-corrected chi connectivity index (χ2v) is 3.97. The van der Waals surface area contributed by atoms with Gasteiger partial charge in [-0.1, -0.05) is 0 Å². The lowest BCUT2D eigenvalue weighted by molar-refractivity contribution is -0.162. The van der Waals surface area contributed by atoms with Gasteiger partial charge in [0.15, 0.2) is 0 Å². The van der Waals surface area contributed by atoms with Gasteiger partial charge >= 0.3 is 12.1 Å². The summed E-state index contributed by atoms with van der Waals surface area (Å²) in [5.41, 5.74) is 0. The first-order valence-electron chi connectivity index (χ1n) is 4.73. The molecule has 0 fully saturated rings. The summed E-state index contributed by atoms with van der Waals surface area (Å²) in [6.07, 6.45) is -4.83. The van der Waals surface area contributed by atoms with E-state index in [0.29, 0.717) is 4.90 Å². The maximum Gasteiger partial charge on any atom is 0.406 e. The Morgan fingerprint density at radius 1 is 1.41 bits per heavy atom. The number of halogens is 4. The monoisotopic (exact) mass is 275 g/mol. The van der Waals surface area contributed by atoms with Crippen LogP contribution in [0.5, 0.6) is 0 Å². The van der Waals surface area contributed by atoms with E-state index in [1.807, 2.05) is 0 Å². The number of ether oxygens (including phenoxy) is 1. The molecule has 0 aromatic heterocycles. The molecular weight excluding hydrogens is 263 g/mol. The Morgan fingerprint density at radius 3 is 2.29 bits per heavy atom. The van der Waals surface area contributed by atoms with E-state index < -0.39 is 30.0 Å². The maximum atomic E-state index is 12.2. The Bertz CT molecular complexity index is 281. The van der Waals surface area contributed by atoms with Gasteiger partial charge < -0.3 is 9.64 Å². The summed E-state index contributed by atoms with van der Waals surface area (Å²) >= 11 is 5.43. The van der Waals surface area contributed by atoms with Crippen molar-refractivity contribution in [3.63, 3.8) is 0 Å². The van der Waals surface area contributed by atoms with E-state index in [2.05, 4.69) is 4.74 Å². The molecule has 0 rings (SSSR count). The SMILES string of the molecule is COC(=O)CCN(CC(F)(F)F)C(=O)C(C)Cl. The zero-order chi connectivity index (χ0) is 13.6. The number of amides is 1. The first kappa shape index (κ1) is 16.0. The van der Waals surface area contributed by atoms with Gasteiger partial charge in [0.25, 0.3) is 0 Å². The number of rotatable bonds is 5. The number of carbonyl (C=O) groups is 2. The van der Waals surface area contributed by atoms with Crippen LogP contribution in [0.4, 0.5) is 13.2 Å². The van der Waals surface area contributed by atoms with Crippen molar-refractivity contribution in [1.82, 2.24) is 4.90 Å². The lowest BCUT2D eigenvalue weighted by Gasteiger charge is -2.24. The van der Waals surface area contributed by atoms with Crippen LogP contribution < -0.4 is 0 Å². The van der Waals surface area contributed by atoms with Gasteiger partial charge in [-0.15, -0.1) is 11.6 Å². The molecule has 1 amide bonds. The molecule has 1 atom stereocenters. The lowest BCUT2D eigenvalue weighted by atomic mass is 10.3. The zero-order valence-electron chi connectivity index (χ0n) is 9.38. The van der Waals surface area contributed by atoms with Crippen LogP contribution in [-0.2, 0) is 14.3 Å². The lowest BCUT2D eigenvalue weighted by Crippen LogP contribution is -2.43. The summed E-state index contributed by atoms with van der Waals surface area (Å²) < 4.78 is 40.8. The highest BCUT2D eigenvalue weighted by atomic mass is 35.5. The quantitative estimate of drug-likeness (QED) is 0.565. The molecular formula is C9H13ClF3NO3. The minimum Gasteiger partial charge on any atom is -0.469 e. The molecule has 0 saturated carbocycles. The molecule has 0 aliphatic carbocycles. The predicted molar refractivity (Wildman–Crippen MR) is 54.6 cm³/mol. The summed E-state index contributed by atoms with van der Waals surface area (Å²) in [5.74, 6) is -1.56. The topological polar surface area (TPSA) is 46.6 Å².